The second-order valence-corrected chi connectivity index (χ2v) is 13.4. The Hall–Kier alpha value is -2.67. The van der Waals surface area contributed by atoms with Crippen LogP contribution in [-0.2, 0) is 19.1 Å². The Kier molecular flexibility index (Phi) is 7.09. The molecule has 0 unspecified atom stereocenters. The van der Waals surface area contributed by atoms with E-state index in [-0.39, 0.29) is 29.8 Å². The van der Waals surface area contributed by atoms with Crippen LogP contribution in [0.15, 0.2) is 30.4 Å². The molecule has 1 aromatic carbocycles. The van der Waals surface area contributed by atoms with Crippen molar-refractivity contribution in [1.82, 2.24) is 10.2 Å². The highest BCUT2D eigenvalue weighted by molar-refractivity contribution is 6.03. The number of aryl methyl sites for hydroxylation is 2. The smallest absolute Gasteiger partial charge is 0.246 e. The molecule has 1 aromatic rings. The van der Waals surface area contributed by atoms with Gasteiger partial charge in [-0.1, -0.05) is 64.7 Å². The van der Waals surface area contributed by atoms with Crippen molar-refractivity contribution in [2.24, 2.45) is 29.6 Å². The predicted molar refractivity (Wildman–Crippen MR) is 154 cm³/mol. The standard InChI is InChI=1S/C33H45N3O4/c1-18-13-14-23(17-21(18)4)34-30(37)27-26-15-16-33(40-26)28(27)32(39)36(25-12-7-6-9-20(25)3)29(33)31(38)35-24-11-8-10-19(2)22(24)5/h13-17,19-20,22,24-29H,6-12H2,1-5H3,(H,34,37)(H,35,38)/t19-,20+,22-,24+,25+,26-,27+,28-,29-,33-/m0/s1. The lowest BCUT2D eigenvalue weighted by molar-refractivity contribution is -0.146. The molecule has 2 saturated heterocycles. The lowest BCUT2D eigenvalue weighted by Gasteiger charge is -2.42. The first-order valence-corrected chi connectivity index (χ1v) is 15.5. The summed E-state index contributed by atoms with van der Waals surface area (Å²) in [6.45, 7) is 10.7. The fourth-order valence-electron chi connectivity index (χ4n) is 8.37. The third-order valence-electron chi connectivity index (χ3n) is 11.1. The molecule has 5 aliphatic rings. The zero-order chi connectivity index (χ0) is 28.3. The van der Waals surface area contributed by atoms with Gasteiger partial charge >= 0.3 is 0 Å². The summed E-state index contributed by atoms with van der Waals surface area (Å²) in [6.07, 6.45) is 10.6. The molecule has 216 valence electrons. The third kappa shape index (κ3) is 4.31. The molecule has 1 spiro atoms. The van der Waals surface area contributed by atoms with Gasteiger partial charge < -0.3 is 20.3 Å². The van der Waals surface area contributed by atoms with Gasteiger partial charge in [-0.25, -0.2) is 0 Å². The topological polar surface area (TPSA) is 87.7 Å². The first-order chi connectivity index (χ1) is 19.1. The minimum atomic E-state index is -1.11. The summed E-state index contributed by atoms with van der Waals surface area (Å²) in [7, 11) is 0. The number of carbonyl (C=O) groups is 3. The van der Waals surface area contributed by atoms with Gasteiger partial charge in [-0.3, -0.25) is 14.4 Å². The van der Waals surface area contributed by atoms with Crippen molar-refractivity contribution in [2.75, 3.05) is 5.32 Å². The van der Waals surface area contributed by atoms with Gasteiger partial charge in [-0.2, -0.15) is 0 Å². The maximum atomic E-state index is 14.5. The van der Waals surface area contributed by atoms with Crippen LogP contribution in [0.4, 0.5) is 5.69 Å². The summed E-state index contributed by atoms with van der Waals surface area (Å²) in [6, 6.07) is 5.14. The monoisotopic (exact) mass is 547 g/mol. The molecule has 3 heterocycles. The summed E-state index contributed by atoms with van der Waals surface area (Å²) in [5.74, 6) is -0.615. The molecule has 4 fully saturated rings. The molecule has 3 amide bonds. The first kappa shape index (κ1) is 27.5. The number of carbonyl (C=O) groups excluding carboxylic acids is 3. The van der Waals surface area contributed by atoms with Crippen molar-refractivity contribution in [3.63, 3.8) is 0 Å². The van der Waals surface area contributed by atoms with E-state index in [1.807, 2.05) is 49.1 Å². The van der Waals surface area contributed by atoms with Crippen LogP contribution in [0.2, 0.25) is 0 Å². The van der Waals surface area contributed by atoms with Crippen molar-refractivity contribution in [3.8, 4) is 0 Å². The number of hydrogen-bond donors (Lipinski definition) is 2. The van der Waals surface area contributed by atoms with Gasteiger partial charge in [0.1, 0.15) is 11.6 Å². The Morgan fingerprint density at radius 1 is 0.950 bits per heavy atom. The summed E-state index contributed by atoms with van der Waals surface area (Å²) in [5, 5.41) is 6.45. The Bertz CT molecular complexity index is 1230. The fourth-order valence-corrected chi connectivity index (χ4v) is 8.37. The van der Waals surface area contributed by atoms with Gasteiger partial charge in [0, 0.05) is 17.8 Å². The molecule has 2 N–H and O–H groups in total. The number of rotatable bonds is 5. The molecule has 7 nitrogen and oxygen atoms in total. The summed E-state index contributed by atoms with van der Waals surface area (Å²) < 4.78 is 6.60. The van der Waals surface area contributed by atoms with Crippen LogP contribution >= 0.6 is 0 Å². The van der Waals surface area contributed by atoms with Gasteiger partial charge in [0.05, 0.1) is 17.9 Å². The van der Waals surface area contributed by atoms with Crippen molar-refractivity contribution < 1.29 is 19.1 Å². The van der Waals surface area contributed by atoms with Gasteiger partial charge in [-0.15, -0.1) is 0 Å². The van der Waals surface area contributed by atoms with Crippen LogP contribution < -0.4 is 10.6 Å². The highest BCUT2D eigenvalue weighted by Gasteiger charge is 2.73. The van der Waals surface area contributed by atoms with Crippen molar-refractivity contribution in [2.45, 2.75) is 109 Å². The molecule has 10 atom stereocenters. The summed E-state index contributed by atoms with van der Waals surface area (Å²) >= 11 is 0. The zero-order valence-electron chi connectivity index (χ0n) is 24.6. The molecule has 3 aliphatic heterocycles. The van der Waals surface area contributed by atoms with Crippen LogP contribution in [0.5, 0.6) is 0 Å². The number of ether oxygens (including phenoxy) is 1. The van der Waals surface area contributed by atoms with E-state index < -0.39 is 29.6 Å². The molecular formula is C33H45N3O4. The van der Waals surface area contributed by atoms with Gasteiger partial charge in [-0.05, 0) is 74.1 Å². The minimum Gasteiger partial charge on any atom is -0.359 e. The number of amides is 3. The highest BCUT2D eigenvalue weighted by Crippen LogP contribution is 2.56. The molecule has 2 saturated carbocycles. The minimum absolute atomic E-state index is 0.0285. The van der Waals surface area contributed by atoms with Crippen molar-refractivity contribution in [3.05, 3.63) is 41.5 Å². The molecule has 6 rings (SSSR count). The van der Waals surface area contributed by atoms with Gasteiger partial charge in [0.2, 0.25) is 17.7 Å². The number of hydrogen-bond acceptors (Lipinski definition) is 4. The number of nitrogens with zero attached hydrogens (tertiary/aromatic N) is 1. The molecule has 0 radical (unpaired) electrons. The van der Waals surface area contributed by atoms with E-state index >= 15 is 0 Å². The van der Waals surface area contributed by atoms with E-state index in [1.54, 1.807) is 0 Å². The normalized spacial score (nSPS) is 40.3. The molecule has 0 aromatic heterocycles. The summed E-state index contributed by atoms with van der Waals surface area (Å²) in [4.78, 5) is 44.4. The average molecular weight is 548 g/mol. The van der Waals surface area contributed by atoms with E-state index in [2.05, 4.69) is 31.4 Å². The van der Waals surface area contributed by atoms with Gasteiger partial charge in [0.15, 0.2) is 0 Å². The molecule has 2 bridgehead atoms. The second kappa shape index (κ2) is 10.3. The average Bonchev–Trinajstić information content (AvgIpc) is 3.56. The van der Waals surface area contributed by atoms with E-state index in [4.69, 9.17) is 4.74 Å². The van der Waals surface area contributed by atoms with E-state index in [0.29, 0.717) is 23.4 Å². The van der Waals surface area contributed by atoms with Crippen LogP contribution in [0, 0.1) is 43.4 Å². The number of fused-ring (bicyclic) bond motifs is 1. The number of nitrogens with one attached hydrogen (secondary N) is 2. The largest absolute Gasteiger partial charge is 0.359 e. The van der Waals surface area contributed by atoms with Crippen LogP contribution in [0.1, 0.15) is 76.8 Å². The maximum absolute atomic E-state index is 14.5. The highest BCUT2D eigenvalue weighted by atomic mass is 16.5. The zero-order valence-corrected chi connectivity index (χ0v) is 24.6. The third-order valence-corrected chi connectivity index (χ3v) is 11.1. The Labute approximate surface area is 238 Å². The first-order valence-electron chi connectivity index (χ1n) is 15.5. The molecule has 40 heavy (non-hydrogen) atoms. The number of anilines is 1. The van der Waals surface area contributed by atoms with Crippen LogP contribution in [-0.4, -0.2) is 52.5 Å². The predicted octanol–water partition coefficient (Wildman–Crippen LogP) is 4.91. The summed E-state index contributed by atoms with van der Waals surface area (Å²) in [5.41, 5.74) is 1.85. The Morgan fingerprint density at radius 3 is 2.45 bits per heavy atom. The lowest BCUT2D eigenvalue weighted by Crippen LogP contribution is -2.60. The van der Waals surface area contributed by atoms with Crippen LogP contribution in [0.3, 0.4) is 0 Å². The van der Waals surface area contributed by atoms with Crippen molar-refractivity contribution in [1.29, 1.82) is 0 Å². The molecular weight excluding hydrogens is 502 g/mol. The molecule has 7 heteroatoms. The van der Waals surface area contributed by atoms with E-state index in [0.717, 1.165) is 49.7 Å². The quantitative estimate of drug-likeness (QED) is 0.513. The Morgan fingerprint density at radius 2 is 1.70 bits per heavy atom. The van der Waals surface area contributed by atoms with E-state index in [9.17, 15) is 14.4 Å². The molecule has 2 aliphatic carbocycles. The van der Waals surface area contributed by atoms with E-state index in [1.165, 1.54) is 6.42 Å². The fraction of sp³-hybridized carbons (Fsp3) is 0.667. The SMILES string of the molecule is Cc1ccc(NC(=O)[C@@H]2[C@@H]3C=C[C@]4(O3)[C@@H]2C(=O)N([C@@H]2CCCC[C@H]2C)[C@H]4C(=O)N[C@@H]2CCC[C@H](C)[C@@H]2C)cc1C. The van der Waals surface area contributed by atoms with Gasteiger partial charge in [0.25, 0.3) is 0 Å². The maximum Gasteiger partial charge on any atom is 0.246 e. The lowest BCUT2D eigenvalue weighted by atomic mass is 9.73. The second-order valence-electron chi connectivity index (χ2n) is 13.4. The number of benzene rings is 1. The Balaban J connectivity index is 1.33. The van der Waals surface area contributed by atoms with Crippen LogP contribution in [0.25, 0.3) is 0 Å². The van der Waals surface area contributed by atoms with Crippen molar-refractivity contribution >= 4 is 23.4 Å². The number of likely N-dealkylation sites (tertiary alicyclic amines) is 1.